The van der Waals surface area contributed by atoms with Crippen LogP contribution in [0.5, 0.6) is 0 Å². The Labute approximate surface area is 51.1 Å². The largest absolute Gasteiger partial charge is 0.317 e. The summed E-state index contributed by atoms with van der Waals surface area (Å²) in [7, 11) is 0. The van der Waals surface area contributed by atoms with Gasteiger partial charge in [-0.1, -0.05) is 11.7 Å². The van der Waals surface area contributed by atoms with E-state index in [1.807, 2.05) is 0 Å². The van der Waals surface area contributed by atoms with Crippen LogP contribution in [0, 0.1) is 0 Å². The lowest BCUT2D eigenvalue weighted by Crippen LogP contribution is -1.90. The summed E-state index contributed by atoms with van der Waals surface area (Å²) in [5.74, 6) is 0. The highest BCUT2D eigenvalue weighted by molar-refractivity contribution is 4.41. The van der Waals surface area contributed by atoms with Crippen LogP contribution in [0.2, 0.25) is 0 Å². The summed E-state index contributed by atoms with van der Waals surface area (Å²) in [4.78, 5) is 10.5. The topological polar surface area (TPSA) is 76.5 Å². The number of hydrogen-bond donors (Lipinski definition) is 0. The predicted octanol–water partition coefficient (Wildman–Crippen LogP) is 1.28. The van der Waals surface area contributed by atoms with Crippen molar-refractivity contribution in [1.82, 2.24) is 0 Å². The Morgan fingerprint density at radius 2 is 2.56 bits per heavy atom. The lowest BCUT2D eigenvalue weighted by molar-refractivity contribution is -0.489. The molecule has 0 aliphatic carbocycles. The number of rotatable bonds is 5. The Hall–Kier alpha value is -1.23. The zero-order valence-electron chi connectivity index (χ0n) is 4.56. The number of hydrogen-bond acceptors (Lipinski definition) is 4. The van der Waals surface area contributed by atoms with Crippen molar-refractivity contribution >= 4 is 0 Å². The molecule has 0 radical (unpaired) electrons. The average molecular weight is 131 g/mol. The molecule has 0 aromatic heterocycles. The Morgan fingerprint density at radius 1 is 1.78 bits per heavy atom. The fourth-order valence-corrected chi connectivity index (χ4v) is 0.126. The summed E-state index contributed by atoms with van der Waals surface area (Å²) in [6.45, 7) is 2.92. The quantitative estimate of drug-likeness (QED) is 0.107. The molecule has 0 heterocycles. The molecule has 0 unspecified atom stereocenters. The van der Waals surface area contributed by atoms with Gasteiger partial charge in [0, 0.05) is 4.91 Å². The zero-order chi connectivity index (χ0) is 6.95. The molecule has 0 saturated carbocycles. The lowest BCUT2D eigenvalue weighted by atomic mass is 11.2. The van der Waals surface area contributed by atoms with E-state index in [0.717, 1.165) is 6.26 Å². The summed E-state index contributed by atoms with van der Waals surface area (Å²) in [6, 6.07) is 0. The number of nitrogens with zero attached hydrogens (tertiary/aromatic N) is 3. The van der Waals surface area contributed by atoms with E-state index in [1.165, 1.54) is 0 Å². The summed E-state index contributed by atoms with van der Waals surface area (Å²) in [5, 5.41) is 6.86. The van der Waals surface area contributed by atoms with E-state index >= 15 is 0 Å². The van der Waals surface area contributed by atoms with Crippen LogP contribution in [0.15, 0.2) is 18.0 Å². The van der Waals surface area contributed by atoms with Crippen LogP contribution in [0.3, 0.4) is 0 Å². The van der Waals surface area contributed by atoms with Crippen LogP contribution in [0.1, 0.15) is 0 Å². The molecule has 6 nitrogen and oxygen atoms in total. The second-order valence-electron chi connectivity index (χ2n) is 0.809. The molecule has 6 heteroatoms. The monoisotopic (exact) mass is 131 g/mol. The molecule has 0 saturated heterocycles. The molecule has 0 N–H and O–H groups in total. The van der Waals surface area contributed by atoms with Crippen molar-refractivity contribution in [3.8, 4) is 0 Å². The first-order chi connectivity index (χ1) is 4.41. The van der Waals surface area contributed by atoms with Gasteiger partial charge in [-0.15, -0.1) is 0 Å². The molecule has 0 spiro atoms. The Morgan fingerprint density at radius 3 is 3.11 bits per heavy atom. The molecule has 9 heavy (non-hydrogen) atoms. The third-order valence-electron chi connectivity index (χ3n) is 0.329. The summed E-state index contributed by atoms with van der Waals surface area (Å²) in [5.41, 5.74) is 7.68. The van der Waals surface area contributed by atoms with E-state index in [4.69, 9.17) is 5.53 Å². The van der Waals surface area contributed by atoms with Crippen LogP contribution >= 0.6 is 0 Å². The third kappa shape index (κ3) is 6.77. The van der Waals surface area contributed by atoms with Gasteiger partial charge in [0.1, 0.15) is 6.26 Å². The lowest BCUT2D eigenvalue weighted by Gasteiger charge is -1.92. The minimum atomic E-state index is -0.232. The normalized spacial score (nSPS) is 7.56. The van der Waals surface area contributed by atoms with Crippen molar-refractivity contribution in [2.24, 2.45) is 5.11 Å². The van der Waals surface area contributed by atoms with Crippen molar-refractivity contribution in [3.63, 3.8) is 0 Å². The molecule has 0 amide bonds. The van der Waals surface area contributed by atoms with Crippen molar-refractivity contribution in [2.45, 2.75) is 0 Å². The van der Waals surface area contributed by atoms with Crippen LogP contribution in [0.4, 0.5) is 0 Å². The van der Waals surface area contributed by atoms with Gasteiger partial charge in [-0.25, -0.2) is 0 Å². The molecule has 0 aromatic rings. The van der Waals surface area contributed by atoms with E-state index in [-0.39, 0.29) is 6.73 Å². The van der Waals surface area contributed by atoms with Gasteiger partial charge in [0.05, 0.1) is 0 Å². The van der Waals surface area contributed by atoms with Crippen LogP contribution < -0.4 is 0 Å². The molecular weight excluding hydrogens is 126 g/mol. The fraction of sp³-hybridized carbons (Fsp3) is 0.333. The van der Waals surface area contributed by atoms with Crippen LogP contribution in [-0.4, -0.2) is 6.73 Å². The van der Waals surface area contributed by atoms with E-state index in [1.54, 1.807) is 0 Å². The highest BCUT2D eigenvalue weighted by Crippen LogP contribution is 1.81. The molecule has 0 fully saturated rings. The number of azide groups is 1. The SMILES string of the molecule is C=COOOCN=[N+]=[N-]. The first kappa shape index (κ1) is 7.77. The molecule has 0 aliphatic heterocycles. The van der Waals surface area contributed by atoms with Crippen molar-refractivity contribution in [3.05, 3.63) is 23.3 Å². The van der Waals surface area contributed by atoms with Gasteiger partial charge < -0.3 is 4.89 Å². The minimum absolute atomic E-state index is 0.232. The predicted molar refractivity (Wildman–Crippen MR) is 27.5 cm³/mol. The fourth-order valence-electron chi connectivity index (χ4n) is 0.126. The summed E-state index contributed by atoms with van der Waals surface area (Å²) >= 11 is 0. The average Bonchev–Trinajstić information content (AvgIpc) is 1.89. The molecule has 0 aromatic carbocycles. The van der Waals surface area contributed by atoms with Crippen LogP contribution in [-0.2, 0) is 14.8 Å². The van der Waals surface area contributed by atoms with E-state index in [9.17, 15) is 0 Å². The maximum absolute atomic E-state index is 7.68. The smallest absolute Gasteiger partial charge is 0.165 e. The van der Waals surface area contributed by atoms with E-state index in [0.29, 0.717) is 0 Å². The summed E-state index contributed by atoms with van der Waals surface area (Å²) < 4.78 is 0. The van der Waals surface area contributed by atoms with Crippen molar-refractivity contribution in [1.29, 1.82) is 0 Å². The maximum atomic E-state index is 7.68. The molecule has 50 valence electrons. The first-order valence-corrected chi connectivity index (χ1v) is 1.98. The molecule has 0 atom stereocenters. The van der Waals surface area contributed by atoms with Gasteiger partial charge in [-0.3, -0.25) is 0 Å². The Bertz CT molecular complexity index is 119. The second kappa shape index (κ2) is 6.77. The standard InChI is InChI=1S/C3H5N3O3/c1-2-7-9-8-3-5-6-4/h2H,1,3H2. The minimum Gasteiger partial charge on any atom is -0.317 e. The highest BCUT2D eigenvalue weighted by Gasteiger charge is 1.79. The van der Waals surface area contributed by atoms with Crippen LogP contribution in [0.25, 0.3) is 10.4 Å². The van der Waals surface area contributed by atoms with E-state index < -0.39 is 0 Å². The Balaban J connectivity index is 2.90. The summed E-state index contributed by atoms with van der Waals surface area (Å²) in [6.07, 6.45) is 1.02. The van der Waals surface area contributed by atoms with Gasteiger partial charge >= 0.3 is 0 Å². The maximum Gasteiger partial charge on any atom is 0.165 e. The molecule has 0 bridgehead atoms. The zero-order valence-corrected chi connectivity index (χ0v) is 4.56. The van der Waals surface area contributed by atoms with Gasteiger partial charge in [0.15, 0.2) is 6.73 Å². The van der Waals surface area contributed by atoms with Gasteiger partial charge in [0.25, 0.3) is 0 Å². The molecule has 0 rings (SSSR count). The first-order valence-electron chi connectivity index (χ1n) is 1.98. The second-order valence-corrected chi connectivity index (χ2v) is 0.809. The Kier molecular flexibility index (Phi) is 5.84. The van der Waals surface area contributed by atoms with E-state index in [2.05, 4.69) is 31.4 Å². The van der Waals surface area contributed by atoms with Gasteiger partial charge in [0.2, 0.25) is 0 Å². The highest BCUT2D eigenvalue weighted by atomic mass is 17.5. The van der Waals surface area contributed by atoms with Gasteiger partial charge in [-0.2, -0.15) is 4.89 Å². The van der Waals surface area contributed by atoms with Gasteiger partial charge in [-0.05, 0) is 10.6 Å². The van der Waals surface area contributed by atoms with Crippen molar-refractivity contribution in [2.75, 3.05) is 6.73 Å². The molecular formula is C3H5N3O3. The third-order valence-corrected chi connectivity index (χ3v) is 0.329. The van der Waals surface area contributed by atoms with Crippen molar-refractivity contribution < 1.29 is 14.8 Å². The molecule has 0 aliphatic rings.